The molecule has 0 bridgehead atoms. The molecule has 126 valence electrons. The molecule has 1 aromatic carbocycles. The van der Waals surface area contributed by atoms with Gasteiger partial charge in [-0.3, -0.25) is 0 Å². The van der Waals surface area contributed by atoms with E-state index in [2.05, 4.69) is 0 Å². The van der Waals surface area contributed by atoms with Crippen LogP contribution in [0, 0.1) is 0 Å². The van der Waals surface area contributed by atoms with Crippen molar-refractivity contribution in [3.8, 4) is 0 Å². The highest BCUT2D eigenvalue weighted by Gasteiger charge is 2.35. The Morgan fingerprint density at radius 2 is 0.591 bits per heavy atom. The predicted molar refractivity (Wildman–Crippen MR) is 87.4 cm³/mol. The molecule has 22 heavy (non-hydrogen) atoms. The van der Waals surface area contributed by atoms with Gasteiger partial charge in [-0.25, -0.2) is 0 Å². The van der Waals surface area contributed by atoms with E-state index in [0.717, 1.165) is 0 Å². The minimum absolute atomic E-state index is 0.533. The summed E-state index contributed by atoms with van der Waals surface area (Å²) in [5.41, 5.74) is -2.62. The third-order valence-electron chi connectivity index (χ3n) is 3.79. The highest BCUT2D eigenvalue weighted by Crippen LogP contribution is 2.39. The molecule has 0 heterocycles. The fraction of sp³-hybridized carbons (Fsp3) is 0.667. The van der Waals surface area contributed by atoms with Crippen molar-refractivity contribution in [1.29, 1.82) is 0 Å². The van der Waals surface area contributed by atoms with Gasteiger partial charge in [0.05, 0.1) is 22.4 Å². The predicted octanol–water partition coefficient (Wildman–Crippen LogP) is 2.60. The van der Waals surface area contributed by atoms with E-state index in [-0.39, 0.29) is 0 Å². The van der Waals surface area contributed by atoms with Crippen LogP contribution >= 0.6 is 0 Å². The molecule has 0 fully saturated rings. The summed E-state index contributed by atoms with van der Waals surface area (Å²) >= 11 is 0. The lowest BCUT2D eigenvalue weighted by molar-refractivity contribution is 0.0419. The second-order valence-corrected chi connectivity index (χ2v) is 8.18. The smallest absolute Gasteiger partial charge is 0.0844 e. The summed E-state index contributed by atoms with van der Waals surface area (Å²) in [6, 6.07) is 3.36. The van der Waals surface area contributed by atoms with Crippen molar-refractivity contribution in [3.63, 3.8) is 0 Å². The Bertz CT molecular complexity index is 448. The van der Waals surface area contributed by atoms with Crippen LogP contribution in [0.5, 0.6) is 0 Å². The van der Waals surface area contributed by atoms with Crippen LogP contribution in [-0.4, -0.2) is 20.4 Å². The lowest BCUT2D eigenvalue weighted by atomic mass is 9.77. The van der Waals surface area contributed by atoms with Crippen LogP contribution in [0.2, 0.25) is 0 Å². The molecule has 1 aromatic rings. The average molecular weight is 310 g/mol. The summed E-state index contributed by atoms with van der Waals surface area (Å²) in [4.78, 5) is 0. The maximum absolute atomic E-state index is 10.5. The third-order valence-corrected chi connectivity index (χ3v) is 3.79. The molecule has 0 aliphatic carbocycles. The molecule has 0 saturated heterocycles. The van der Waals surface area contributed by atoms with Gasteiger partial charge in [0.2, 0.25) is 0 Å². The molecule has 4 nitrogen and oxygen atoms in total. The van der Waals surface area contributed by atoms with E-state index in [1.807, 2.05) is 0 Å². The molecule has 0 amide bonds. The quantitative estimate of drug-likeness (QED) is 0.689. The highest BCUT2D eigenvalue weighted by molar-refractivity contribution is 5.47. The summed E-state index contributed by atoms with van der Waals surface area (Å²) in [6.45, 7) is 13.1. The molecule has 0 atom stereocenters. The van der Waals surface area contributed by atoms with E-state index >= 15 is 0 Å². The Morgan fingerprint density at radius 3 is 0.682 bits per heavy atom. The van der Waals surface area contributed by atoms with Gasteiger partial charge in [0.15, 0.2) is 0 Å². The van der Waals surface area contributed by atoms with Crippen LogP contribution in [0.1, 0.15) is 77.6 Å². The van der Waals surface area contributed by atoms with Gasteiger partial charge in [0.1, 0.15) is 0 Å². The lowest BCUT2D eigenvalue weighted by Gasteiger charge is -2.35. The van der Waals surface area contributed by atoms with Crippen molar-refractivity contribution < 1.29 is 20.4 Å². The molecule has 4 heteroatoms. The highest BCUT2D eigenvalue weighted by atomic mass is 16.3. The van der Waals surface area contributed by atoms with Crippen LogP contribution in [-0.2, 0) is 22.4 Å². The van der Waals surface area contributed by atoms with Crippen LogP contribution in [0.4, 0.5) is 0 Å². The number of aliphatic hydroxyl groups is 4. The van der Waals surface area contributed by atoms with Crippen molar-refractivity contribution in [2.45, 2.75) is 77.8 Å². The first kappa shape index (κ1) is 19.1. The number of benzene rings is 1. The van der Waals surface area contributed by atoms with Crippen LogP contribution in [0.3, 0.4) is 0 Å². The molecule has 1 rings (SSSR count). The van der Waals surface area contributed by atoms with Crippen molar-refractivity contribution in [2.75, 3.05) is 0 Å². The van der Waals surface area contributed by atoms with Crippen LogP contribution < -0.4 is 0 Å². The first-order chi connectivity index (χ1) is 9.45. The number of rotatable bonds is 4. The number of hydrogen-bond acceptors (Lipinski definition) is 4. The molecule has 4 N–H and O–H groups in total. The largest absolute Gasteiger partial charge is 0.386 e. The van der Waals surface area contributed by atoms with Crippen molar-refractivity contribution in [3.05, 3.63) is 34.4 Å². The van der Waals surface area contributed by atoms with Crippen molar-refractivity contribution in [2.24, 2.45) is 0 Å². The van der Waals surface area contributed by atoms with Gasteiger partial charge in [-0.2, -0.15) is 0 Å². The SMILES string of the molecule is CC(C)(O)c1cc(C(C)(C)O)c(C(C)(C)O)cc1C(C)(C)O. The fourth-order valence-electron chi connectivity index (χ4n) is 2.62. The Kier molecular flexibility index (Phi) is 4.61. The standard InChI is InChI=1S/C18H30O4/c1-15(2,19)11-9-13(17(5,6)21)14(18(7,8)22)10-12(11)16(3,4)20/h9-10,19-22H,1-8H3. The van der Waals surface area contributed by atoms with E-state index in [1.54, 1.807) is 67.5 Å². The molecule has 0 unspecified atom stereocenters. The summed E-state index contributed by atoms with van der Waals surface area (Å²) in [5, 5.41) is 41.8. The van der Waals surface area contributed by atoms with E-state index in [9.17, 15) is 20.4 Å². The normalized spacial score (nSPS) is 14.4. The summed E-state index contributed by atoms with van der Waals surface area (Å²) < 4.78 is 0. The molecule has 0 radical (unpaired) electrons. The monoisotopic (exact) mass is 310 g/mol. The summed E-state index contributed by atoms with van der Waals surface area (Å²) in [7, 11) is 0. The Labute approximate surface area is 133 Å². The lowest BCUT2D eigenvalue weighted by Crippen LogP contribution is -2.31. The minimum atomic E-state index is -1.19. The molecule has 0 spiro atoms. The van der Waals surface area contributed by atoms with Gasteiger partial charge in [-0.15, -0.1) is 0 Å². The van der Waals surface area contributed by atoms with Gasteiger partial charge in [0, 0.05) is 0 Å². The number of hydrogen-bond donors (Lipinski definition) is 4. The Hall–Kier alpha value is -0.940. The summed E-state index contributed by atoms with van der Waals surface area (Å²) in [5.74, 6) is 0. The first-order valence-electron chi connectivity index (χ1n) is 7.55. The molecule has 0 aromatic heterocycles. The fourth-order valence-corrected chi connectivity index (χ4v) is 2.62. The topological polar surface area (TPSA) is 80.9 Å². The van der Waals surface area contributed by atoms with Crippen molar-refractivity contribution >= 4 is 0 Å². The molecular formula is C18H30O4. The molecule has 0 aliphatic rings. The van der Waals surface area contributed by atoms with Crippen LogP contribution in [0.25, 0.3) is 0 Å². The maximum Gasteiger partial charge on any atom is 0.0844 e. The molecule has 0 aliphatic heterocycles. The van der Waals surface area contributed by atoms with Gasteiger partial charge < -0.3 is 20.4 Å². The third kappa shape index (κ3) is 4.07. The zero-order valence-corrected chi connectivity index (χ0v) is 14.9. The molecular weight excluding hydrogens is 280 g/mol. The van der Waals surface area contributed by atoms with Gasteiger partial charge >= 0.3 is 0 Å². The molecule has 0 saturated carbocycles. The summed E-state index contributed by atoms with van der Waals surface area (Å²) in [6.07, 6.45) is 0. The zero-order chi connectivity index (χ0) is 17.7. The Morgan fingerprint density at radius 1 is 0.455 bits per heavy atom. The maximum atomic E-state index is 10.5. The van der Waals surface area contributed by atoms with Gasteiger partial charge in [-0.1, -0.05) is 0 Å². The second kappa shape index (κ2) is 5.31. The zero-order valence-electron chi connectivity index (χ0n) is 14.9. The average Bonchev–Trinajstić information content (AvgIpc) is 2.22. The van der Waals surface area contributed by atoms with E-state index in [1.165, 1.54) is 0 Å². The van der Waals surface area contributed by atoms with Crippen LogP contribution in [0.15, 0.2) is 12.1 Å². The Balaban J connectivity index is 3.90. The van der Waals surface area contributed by atoms with Gasteiger partial charge in [-0.05, 0) is 89.8 Å². The van der Waals surface area contributed by atoms with E-state index < -0.39 is 22.4 Å². The second-order valence-electron chi connectivity index (χ2n) is 8.18. The van der Waals surface area contributed by atoms with Gasteiger partial charge in [0.25, 0.3) is 0 Å². The van der Waals surface area contributed by atoms with E-state index in [0.29, 0.717) is 22.3 Å². The van der Waals surface area contributed by atoms with Crippen molar-refractivity contribution in [1.82, 2.24) is 0 Å². The van der Waals surface area contributed by atoms with E-state index in [4.69, 9.17) is 0 Å². The first-order valence-corrected chi connectivity index (χ1v) is 7.55. The minimum Gasteiger partial charge on any atom is -0.386 e.